The van der Waals surface area contributed by atoms with Crippen LogP contribution >= 0.6 is 0 Å². The molecule has 35 heavy (non-hydrogen) atoms. The Balaban J connectivity index is 2.34. The molecule has 0 unspecified atom stereocenters. The van der Waals surface area contributed by atoms with E-state index in [1.807, 2.05) is 0 Å². The van der Waals surface area contributed by atoms with E-state index in [1.165, 1.54) is 33.8 Å². The van der Waals surface area contributed by atoms with E-state index in [4.69, 9.17) is 5.26 Å². The van der Waals surface area contributed by atoms with Crippen molar-refractivity contribution < 1.29 is 30.7 Å². The van der Waals surface area contributed by atoms with Gasteiger partial charge in [-0.05, 0) is 49.9 Å². The van der Waals surface area contributed by atoms with E-state index in [0.717, 1.165) is 0 Å². The molecular weight excluding hydrogens is 475 g/mol. The largest absolute Gasteiger partial charge is 0.250 e. The Bertz CT molecular complexity index is 1870. The van der Waals surface area contributed by atoms with E-state index in [0.29, 0.717) is 0 Å². The van der Waals surface area contributed by atoms with Crippen LogP contribution in [-0.4, -0.2) is 9.97 Å². The second kappa shape index (κ2) is 7.25. The van der Waals surface area contributed by atoms with Gasteiger partial charge in [-0.2, -0.15) is 9.65 Å². The quantitative estimate of drug-likeness (QED) is 0.132. The molecule has 0 aliphatic rings. The number of hydrogen-bond acceptors (Lipinski definition) is 3. The van der Waals surface area contributed by atoms with Crippen molar-refractivity contribution >= 4 is 43.4 Å². The van der Waals surface area contributed by atoms with Crippen LogP contribution in [0.1, 0.15) is 27.9 Å². The van der Waals surface area contributed by atoms with E-state index in [1.54, 1.807) is 0 Å². The Morgan fingerprint density at radius 1 is 0.486 bits per heavy atom. The van der Waals surface area contributed by atoms with Crippen LogP contribution < -0.4 is 0 Å². The summed E-state index contributed by atoms with van der Waals surface area (Å²) in [4.78, 5) is 6.71. The topological polar surface area (TPSA) is 49.6 Å². The maximum Gasteiger partial charge on any atom is 0.250 e. The first kappa shape index (κ1) is 22.8. The van der Waals surface area contributed by atoms with E-state index in [2.05, 4.69) is 9.97 Å². The molecule has 0 spiro atoms. The van der Waals surface area contributed by atoms with Gasteiger partial charge in [0.2, 0.25) is 5.95 Å². The summed E-state index contributed by atoms with van der Waals surface area (Å²) in [5.74, 6) is -9.21. The third kappa shape index (κ3) is 2.66. The molecule has 176 valence electrons. The van der Waals surface area contributed by atoms with Crippen molar-refractivity contribution in [3.63, 3.8) is 0 Å². The van der Waals surface area contributed by atoms with Crippen LogP contribution in [-0.2, 0) is 0 Å². The monoisotopic (exact) mass is 487 g/mol. The van der Waals surface area contributed by atoms with E-state index in [-0.39, 0.29) is 22.3 Å². The molecule has 0 saturated carbocycles. The van der Waals surface area contributed by atoms with Crippen molar-refractivity contribution in [2.24, 2.45) is 0 Å². The van der Waals surface area contributed by atoms with Crippen LogP contribution in [0.5, 0.6) is 0 Å². The minimum Gasteiger partial charge on any atom is -0.228 e. The molecule has 0 amide bonds. The zero-order valence-electron chi connectivity index (χ0n) is 18.5. The van der Waals surface area contributed by atoms with Gasteiger partial charge in [0.25, 0.3) is 0 Å². The van der Waals surface area contributed by atoms with E-state index >= 15 is 26.3 Å². The van der Waals surface area contributed by atoms with Gasteiger partial charge < -0.3 is 0 Å². The predicted molar refractivity (Wildman–Crippen MR) is 115 cm³/mol. The lowest BCUT2D eigenvalue weighted by molar-refractivity contribution is 0.569. The van der Waals surface area contributed by atoms with E-state index < -0.39 is 89.9 Å². The van der Waals surface area contributed by atoms with Crippen molar-refractivity contribution in [3.8, 4) is 6.07 Å². The summed E-state index contributed by atoms with van der Waals surface area (Å²) in [6.45, 7) is 4.80. The first-order valence-corrected chi connectivity index (χ1v) is 10.2. The number of rotatable bonds is 0. The molecule has 3 nitrogen and oxygen atoms in total. The standard InChI is InChI=1S/C25H12F7N3/c1-6-8(3)19(28)13-11(17(6)26)12-14(20(29)9(4)7(2)18(12)27)16-15(13)21(30)23-24(22(16)31)35-25(32)10(5-33)34-23/h1-4H3. The van der Waals surface area contributed by atoms with E-state index in [9.17, 15) is 4.39 Å². The van der Waals surface area contributed by atoms with Crippen LogP contribution in [0.4, 0.5) is 30.7 Å². The first-order valence-electron chi connectivity index (χ1n) is 10.2. The summed E-state index contributed by atoms with van der Waals surface area (Å²) in [7, 11) is 0. The third-order valence-corrected chi connectivity index (χ3v) is 6.63. The molecule has 0 aliphatic heterocycles. The predicted octanol–water partition coefficient (Wildman–Crippen LogP) is 7.17. The minimum atomic E-state index is -1.53. The second-order valence-corrected chi connectivity index (χ2v) is 8.31. The summed E-state index contributed by atoms with van der Waals surface area (Å²) >= 11 is 0. The fraction of sp³-hybridized carbons (Fsp3) is 0.160. The molecule has 0 fully saturated rings. The molecule has 4 aromatic carbocycles. The maximum atomic E-state index is 15.9. The highest BCUT2D eigenvalue weighted by atomic mass is 19.2. The van der Waals surface area contributed by atoms with Gasteiger partial charge in [0.1, 0.15) is 40.4 Å². The molecule has 0 atom stereocenters. The van der Waals surface area contributed by atoms with Crippen molar-refractivity contribution in [2.75, 3.05) is 0 Å². The zero-order valence-corrected chi connectivity index (χ0v) is 18.5. The molecule has 0 radical (unpaired) electrons. The van der Waals surface area contributed by atoms with Crippen LogP contribution in [0.3, 0.4) is 0 Å². The van der Waals surface area contributed by atoms with Crippen LogP contribution in [0.2, 0.25) is 0 Å². The van der Waals surface area contributed by atoms with Gasteiger partial charge in [-0.1, -0.05) is 0 Å². The fourth-order valence-electron chi connectivity index (χ4n) is 4.50. The highest BCUT2D eigenvalue weighted by molar-refractivity contribution is 6.28. The number of nitrogens with zero attached hydrogens (tertiary/aromatic N) is 3. The number of nitriles is 1. The first-order chi connectivity index (χ1) is 16.4. The summed E-state index contributed by atoms with van der Waals surface area (Å²) < 4.78 is 108. The summed E-state index contributed by atoms with van der Waals surface area (Å²) in [5.41, 5.74) is -3.93. The van der Waals surface area contributed by atoms with Crippen molar-refractivity contribution in [1.29, 1.82) is 5.26 Å². The molecule has 1 aromatic heterocycles. The molecule has 5 rings (SSSR count). The van der Waals surface area contributed by atoms with Crippen LogP contribution in [0.25, 0.3) is 43.4 Å². The number of benzene rings is 4. The molecule has 5 aromatic rings. The van der Waals surface area contributed by atoms with Gasteiger partial charge >= 0.3 is 0 Å². The summed E-state index contributed by atoms with van der Waals surface area (Å²) in [5, 5.41) is 3.91. The van der Waals surface area contributed by atoms with Gasteiger partial charge in [0.15, 0.2) is 17.3 Å². The number of hydrogen-bond donors (Lipinski definition) is 0. The van der Waals surface area contributed by atoms with Crippen molar-refractivity contribution in [2.45, 2.75) is 27.7 Å². The lowest BCUT2D eigenvalue weighted by Gasteiger charge is -2.19. The van der Waals surface area contributed by atoms with Gasteiger partial charge in [0, 0.05) is 32.3 Å². The Kier molecular flexibility index (Phi) is 4.72. The number of halogens is 7. The second-order valence-electron chi connectivity index (χ2n) is 8.31. The minimum absolute atomic E-state index is 0.232. The summed E-state index contributed by atoms with van der Waals surface area (Å²) in [6, 6.07) is 1.33. The van der Waals surface area contributed by atoms with Gasteiger partial charge in [0.05, 0.1) is 0 Å². The molecule has 1 heterocycles. The highest BCUT2D eigenvalue weighted by Crippen LogP contribution is 2.46. The van der Waals surface area contributed by atoms with Gasteiger partial charge in [-0.15, -0.1) is 0 Å². The van der Waals surface area contributed by atoms with Gasteiger partial charge in [-0.3, -0.25) is 0 Å². The molecule has 10 heteroatoms. The number of fused-ring (bicyclic) bond motifs is 7. The van der Waals surface area contributed by atoms with Crippen molar-refractivity contribution in [1.82, 2.24) is 9.97 Å². The zero-order chi connectivity index (χ0) is 25.7. The molecule has 0 aliphatic carbocycles. The molecule has 0 bridgehead atoms. The van der Waals surface area contributed by atoms with Gasteiger partial charge in [-0.25, -0.2) is 36.3 Å². The lowest BCUT2D eigenvalue weighted by atomic mass is 9.87. The smallest absolute Gasteiger partial charge is 0.228 e. The van der Waals surface area contributed by atoms with Crippen LogP contribution in [0.15, 0.2) is 0 Å². The third-order valence-electron chi connectivity index (χ3n) is 6.63. The Hall–Kier alpha value is -4.00. The number of aromatic nitrogens is 2. The summed E-state index contributed by atoms with van der Waals surface area (Å²) in [6.07, 6.45) is 0. The normalized spacial score (nSPS) is 11.8. The Labute approximate surface area is 192 Å². The average molecular weight is 487 g/mol. The Morgan fingerprint density at radius 3 is 1.09 bits per heavy atom. The highest BCUT2D eigenvalue weighted by Gasteiger charge is 2.31. The molecule has 0 saturated heterocycles. The molecule has 0 N–H and O–H groups in total. The Morgan fingerprint density at radius 2 is 0.771 bits per heavy atom. The fourth-order valence-corrected chi connectivity index (χ4v) is 4.50. The lowest BCUT2D eigenvalue weighted by Crippen LogP contribution is -2.06. The molecular formula is C25H12F7N3. The van der Waals surface area contributed by atoms with Crippen molar-refractivity contribution in [3.05, 3.63) is 68.8 Å². The maximum absolute atomic E-state index is 15.9. The SMILES string of the molecule is Cc1c(C)c(F)c2c(c1F)c1c(F)c(C)c(C)c(F)c1c1c(F)c3nc(C#N)c(F)nc3c(F)c21. The average Bonchev–Trinajstić information content (AvgIpc) is 2.84. The van der Waals surface area contributed by atoms with Crippen LogP contribution in [0, 0.1) is 79.9 Å².